The Bertz CT molecular complexity index is 441. The summed E-state index contributed by atoms with van der Waals surface area (Å²) in [6, 6.07) is 0.112. The Hall–Kier alpha value is -1.77. The Morgan fingerprint density at radius 1 is 1.59 bits per heavy atom. The van der Waals surface area contributed by atoms with Gasteiger partial charge in [-0.1, -0.05) is 16.9 Å². The van der Waals surface area contributed by atoms with Crippen LogP contribution in [0.25, 0.3) is 0 Å². The van der Waals surface area contributed by atoms with E-state index in [1.165, 1.54) is 0 Å². The van der Waals surface area contributed by atoms with Crippen LogP contribution in [0.5, 0.6) is 0 Å². The molecule has 1 aliphatic rings. The molecule has 0 spiro atoms. The fourth-order valence-corrected chi connectivity index (χ4v) is 1.54. The van der Waals surface area contributed by atoms with Crippen molar-refractivity contribution in [2.75, 3.05) is 11.1 Å². The average Bonchev–Trinajstić information content (AvgIpc) is 3.08. The van der Waals surface area contributed by atoms with Gasteiger partial charge in [0.15, 0.2) is 5.17 Å². The lowest BCUT2D eigenvalue weighted by Crippen LogP contribution is -2.18. The molecular formula is C8H12N6O2S. The van der Waals surface area contributed by atoms with Crippen LogP contribution in [0, 0.1) is 0 Å². The highest BCUT2D eigenvalue weighted by Crippen LogP contribution is 2.39. The fraction of sp³-hybridized carbons (Fsp3) is 0.500. The smallest absolute Gasteiger partial charge is 0.322 e. The van der Waals surface area contributed by atoms with Crippen LogP contribution in [0.2, 0.25) is 0 Å². The summed E-state index contributed by atoms with van der Waals surface area (Å²) in [6.45, 7) is 0. The van der Waals surface area contributed by atoms with Gasteiger partial charge in [-0.25, -0.2) is 0 Å². The van der Waals surface area contributed by atoms with Gasteiger partial charge in [0.25, 0.3) is 0 Å². The summed E-state index contributed by atoms with van der Waals surface area (Å²) < 4.78 is 5.26. The van der Waals surface area contributed by atoms with Crippen LogP contribution >= 0.6 is 11.8 Å². The van der Waals surface area contributed by atoms with E-state index in [0.717, 1.165) is 24.6 Å². The number of hydrogen-bond donors (Lipinski definition) is 3. The molecule has 1 aliphatic carbocycles. The van der Waals surface area contributed by atoms with Crippen molar-refractivity contribution in [3.05, 3.63) is 5.89 Å². The highest BCUT2D eigenvalue weighted by atomic mass is 32.2. The highest BCUT2D eigenvalue weighted by molar-refractivity contribution is 8.14. The van der Waals surface area contributed by atoms with E-state index in [9.17, 15) is 4.79 Å². The molecule has 92 valence electrons. The van der Waals surface area contributed by atoms with E-state index in [1.54, 1.807) is 0 Å². The van der Waals surface area contributed by atoms with Gasteiger partial charge >= 0.3 is 6.01 Å². The monoisotopic (exact) mass is 256 g/mol. The van der Waals surface area contributed by atoms with E-state index >= 15 is 0 Å². The molecule has 1 saturated carbocycles. The van der Waals surface area contributed by atoms with Crippen molar-refractivity contribution >= 4 is 28.9 Å². The molecule has 5 N–H and O–H groups in total. The van der Waals surface area contributed by atoms with Crippen LogP contribution < -0.4 is 16.9 Å². The molecule has 0 atom stereocenters. The summed E-state index contributed by atoms with van der Waals surface area (Å²) >= 11 is 1.03. The Morgan fingerprint density at radius 2 is 2.35 bits per heavy atom. The number of thioether (sulfide) groups is 1. The molecule has 1 aromatic heterocycles. The first-order valence-electron chi connectivity index (χ1n) is 4.98. The van der Waals surface area contributed by atoms with Gasteiger partial charge < -0.3 is 16.0 Å². The molecule has 17 heavy (non-hydrogen) atoms. The largest absolute Gasteiger partial charge is 0.408 e. The number of anilines is 1. The number of nitrogens with one attached hydrogen (secondary N) is 1. The third-order valence-electron chi connectivity index (χ3n) is 2.09. The molecule has 9 heteroatoms. The zero-order valence-corrected chi connectivity index (χ0v) is 9.74. The number of hydrazone groups is 1. The van der Waals surface area contributed by atoms with Crippen molar-refractivity contribution in [1.82, 2.24) is 10.2 Å². The lowest BCUT2D eigenvalue weighted by molar-refractivity contribution is -0.113. The number of carbonyl (C=O) groups is 1. The van der Waals surface area contributed by atoms with E-state index in [-0.39, 0.29) is 22.8 Å². The lowest BCUT2D eigenvalue weighted by Gasteiger charge is -1.99. The SMILES string of the molecule is NN=C(N)SCC(=O)Nc1nnc(C2CC2)o1. The average molecular weight is 256 g/mol. The number of amides is 1. The maximum atomic E-state index is 11.4. The standard InChI is InChI=1S/C8H12N6O2S/c9-7(12-10)17-3-5(15)11-8-14-13-6(16-8)4-1-2-4/h4H,1-3,10H2,(H2,9,12)(H,11,14,15). The first-order chi connectivity index (χ1) is 8.19. The van der Waals surface area contributed by atoms with Gasteiger partial charge in [0.05, 0.1) is 5.75 Å². The molecule has 8 nitrogen and oxygen atoms in total. The van der Waals surface area contributed by atoms with Crippen molar-refractivity contribution in [3.63, 3.8) is 0 Å². The number of rotatable bonds is 4. The molecule has 0 aromatic carbocycles. The predicted molar refractivity (Wildman–Crippen MR) is 63.2 cm³/mol. The van der Waals surface area contributed by atoms with Crippen LogP contribution in [-0.2, 0) is 4.79 Å². The van der Waals surface area contributed by atoms with Crippen molar-refractivity contribution in [2.24, 2.45) is 16.7 Å². The summed E-state index contributed by atoms with van der Waals surface area (Å²) in [5, 5.41) is 13.4. The summed E-state index contributed by atoms with van der Waals surface area (Å²) in [6.07, 6.45) is 2.13. The Balaban J connectivity index is 1.80. The minimum absolute atomic E-state index is 0.0909. The van der Waals surface area contributed by atoms with Crippen molar-refractivity contribution in [1.29, 1.82) is 0 Å². The van der Waals surface area contributed by atoms with Crippen LogP contribution in [0.3, 0.4) is 0 Å². The summed E-state index contributed by atoms with van der Waals surface area (Å²) in [4.78, 5) is 11.4. The van der Waals surface area contributed by atoms with Crippen LogP contribution in [0.1, 0.15) is 24.7 Å². The van der Waals surface area contributed by atoms with Gasteiger partial charge in [0, 0.05) is 5.92 Å². The normalized spacial score (nSPS) is 15.9. The second-order valence-corrected chi connectivity index (χ2v) is 4.52. The summed E-state index contributed by atoms with van der Waals surface area (Å²) in [5.41, 5.74) is 5.32. The zero-order valence-electron chi connectivity index (χ0n) is 8.92. The molecular weight excluding hydrogens is 244 g/mol. The molecule has 0 unspecified atom stereocenters. The second-order valence-electron chi connectivity index (χ2n) is 3.52. The zero-order chi connectivity index (χ0) is 12.3. The van der Waals surface area contributed by atoms with Crippen molar-refractivity contribution < 1.29 is 9.21 Å². The molecule has 1 fully saturated rings. The molecule has 2 rings (SSSR count). The second kappa shape index (κ2) is 5.04. The van der Waals surface area contributed by atoms with E-state index in [1.807, 2.05) is 0 Å². The molecule has 1 aromatic rings. The van der Waals surface area contributed by atoms with Gasteiger partial charge in [-0.05, 0) is 12.8 Å². The highest BCUT2D eigenvalue weighted by Gasteiger charge is 2.29. The quantitative estimate of drug-likeness (QED) is 0.294. The molecule has 0 bridgehead atoms. The predicted octanol–water partition coefficient (Wildman–Crippen LogP) is -0.193. The van der Waals surface area contributed by atoms with E-state index in [0.29, 0.717) is 11.8 Å². The number of amidine groups is 1. The van der Waals surface area contributed by atoms with Crippen molar-refractivity contribution in [2.45, 2.75) is 18.8 Å². The molecule has 1 amide bonds. The topological polar surface area (TPSA) is 132 Å². The first-order valence-corrected chi connectivity index (χ1v) is 5.97. The minimum Gasteiger partial charge on any atom is -0.408 e. The van der Waals surface area contributed by atoms with Gasteiger partial charge in [0.1, 0.15) is 0 Å². The molecule has 0 saturated heterocycles. The fourth-order valence-electron chi connectivity index (χ4n) is 1.11. The van der Waals surface area contributed by atoms with E-state index in [4.69, 9.17) is 16.0 Å². The molecule has 1 heterocycles. The van der Waals surface area contributed by atoms with Gasteiger partial charge in [-0.2, -0.15) is 5.10 Å². The molecule has 0 radical (unpaired) electrons. The number of hydrogen-bond acceptors (Lipinski definition) is 7. The Labute approximate surface area is 101 Å². The van der Waals surface area contributed by atoms with Crippen LogP contribution in [0.4, 0.5) is 6.01 Å². The Kier molecular flexibility index (Phi) is 3.47. The van der Waals surface area contributed by atoms with E-state index < -0.39 is 0 Å². The van der Waals surface area contributed by atoms with Gasteiger partial charge in [0.2, 0.25) is 11.8 Å². The lowest BCUT2D eigenvalue weighted by atomic mass is 10.4. The summed E-state index contributed by atoms with van der Waals surface area (Å²) in [7, 11) is 0. The first kappa shape index (κ1) is 11.7. The summed E-state index contributed by atoms with van der Waals surface area (Å²) in [5.74, 6) is 5.66. The number of carbonyl (C=O) groups excluding carboxylic acids is 1. The maximum Gasteiger partial charge on any atom is 0.322 e. The van der Waals surface area contributed by atoms with Gasteiger partial charge in [-0.3, -0.25) is 10.1 Å². The third kappa shape index (κ3) is 3.34. The minimum atomic E-state index is -0.299. The third-order valence-corrected chi connectivity index (χ3v) is 2.90. The van der Waals surface area contributed by atoms with Crippen LogP contribution in [0.15, 0.2) is 9.52 Å². The molecule has 0 aliphatic heterocycles. The number of nitrogens with two attached hydrogens (primary N) is 2. The number of aromatic nitrogens is 2. The van der Waals surface area contributed by atoms with Crippen LogP contribution in [-0.4, -0.2) is 27.0 Å². The van der Waals surface area contributed by atoms with Crippen molar-refractivity contribution in [3.8, 4) is 0 Å². The van der Waals surface area contributed by atoms with E-state index in [2.05, 4.69) is 20.6 Å². The maximum absolute atomic E-state index is 11.4. The Morgan fingerprint density at radius 3 is 3.00 bits per heavy atom. The van der Waals surface area contributed by atoms with Gasteiger partial charge in [-0.15, -0.1) is 5.10 Å². The number of nitrogens with zero attached hydrogens (tertiary/aromatic N) is 3.